The van der Waals surface area contributed by atoms with Gasteiger partial charge in [-0.15, -0.1) is 0 Å². The van der Waals surface area contributed by atoms with Crippen LogP contribution in [0.15, 0.2) is 65.8 Å². The van der Waals surface area contributed by atoms with Crippen molar-refractivity contribution in [3.8, 4) is 0 Å². The fourth-order valence-corrected chi connectivity index (χ4v) is 3.15. The standard InChI is InChI=1S/C20H20O4/c21-19(22)10-11-20(23)24-13-14-6-8-18-16(12-14)7-9-17(18)15-4-2-1-3-5-15/h1-9,14,17H,10-13H2,(H,21,22). The zero-order valence-electron chi connectivity index (χ0n) is 13.4. The van der Waals surface area contributed by atoms with Crippen molar-refractivity contribution in [2.45, 2.75) is 25.2 Å². The van der Waals surface area contributed by atoms with Gasteiger partial charge in [0.05, 0.1) is 19.4 Å². The number of esters is 1. The van der Waals surface area contributed by atoms with Crippen LogP contribution in [0.1, 0.15) is 30.7 Å². The number of carboxylic acid groups (broad SMARTS) is 1. The van der Waals surface area contributed by atoms with E-state index in [1.165, 1.54) is 16.7 Å². The molecule has 1 aromatic rings. The third kappa shape index (κ3) is 3.82. The lowest BCUT2D eigenvalue weighted by molar-refractivity contribution is -0.148. The number of rotatable bonds is 6. The van der Waals surface area contributed by atoms with Crippen molar-refractivity contribution in [3.05, 3.63) is 71.3 Å². The van der Waals surface area contributed by atoms with Crippen molar-refractivity contribution in [2.75, 3.05) is 6.61 Å². The van der Waals surface area contributed by atoms with Crippen molar-refractivity contribution >= 4 is 11.9 Å². The molecule has 0 fully saturated rings. The highest BCUT2D eigenvalue weighted by molar-refractivity contribution is 5.76. The van der Waals surface area contributed by atoms with E-state index >= 15 is 0 Å². The zero-order valence-corrected chi connectivity index (χ0v) is 13.4. The fraction of sp³-hybridized carbons (Fsp3) is 0.300. The highest BCUT2D eigenvalue weighted by Gasteiger charge is 2.25. The maximum atomic E-state index is 11.5. The molecule has 0 aliphatic heterocycles. The first-order chi connectivity index (χ1) is 11.6. The normalized spacial score (nSPS) is 21.7. The summed E-state index contributed by atoms with van der Waals surface area (Å²) < 4.78 is 5.19. The Bertz CT molecular complexity index is 712. The molecule has 1 aromatic carbocycles. The van der Waals surface area contributed by atoms with Gasteiger partial charge in [0.25, 0.3) is 0 Å². The summed E-state index contributed by atoms with van der Waals surface area (Å²) in [5.41, 5.74) is 3.88. The van der Waals surface area contributed by atoms with Crippen LogP contribution >= 0.6 is 0 Å². The van der Waals surface area contributed by atoms with Crippen molar-refractivity contribution in [1.29, 1.82) is 0 Å². The van der Waals surface area contributed by atoms with Gasteiger partial charge in [-0.05, 0) is 23.1 Å². The number of hydrogen-bond donors (Lipinski definition) is 1. The van der Waals surface area contributed by atoms with Gasteiger partial charge in [-0.3, -0.25) is 9.59 Å². The molecule has 0 amide bonds. The summed E-state index contributed by atoms with van der Waals surface area (Å²) in [4.78, 5) is 22.0. The Hall–Kier alpha value is -2.62. The van der Waals surface area contributed by atoms with Crippen molar-refractivity contribution in [1.82, 2.24) is 0 Å². The molecule has 0 bridgehead atoms. The van der Waals surface area contributed by atoms with E-state index in [2.05, 4.69) is 36.4 Å². The summed E-state index contributed by atoms with van der Waals surface area (Å²) >= 11 is 0. The van der Waals surface area contributed by atoms with Crippen molar-refractivity contribution < 1.29 is 19.4 Å². The second kappa shape index (κ2) is 7.30. The van der Waals surface area contributed by atoms with Crippen LogP contribution < -0.4 is 0 Å². The van der Waals surface area contributed by atoms with Crippen LogP contribution in [0.4, 0.5) is 0 Å². The fourth-order valence-electron chi connectivity index (χ4n) is 3.15. The third-order valence-electron chi connectivity index (χ3n) is 4.39. The first-order valence-electron chi connectivity index (χ1n) is 8.15. The Morgan fingerprint density at radius 3 is 2.62 bits per heavy atom. The van der Waals surface area contributed by atoms with Crippen LogP contribution in [0.25, 0.3) is 0 Å². The number of carboxylic acids is 1. The Morgan fingerprint density at radius 1 is 1.08 bits per heavy atom. The van der Waals surface area contributed by atoms with Gasteiger partial charge >= 0.3 is 11.9 Å². The summed E-state index contributed by atoms with van der Waals surface area (Å²) in [5.74, 6) is -0.981. The molecule has 0 spiro atoms. The van der Waals surface area contributed by atoms with E-state index in [4.69, 9.17) is 9.84 Å². The average Bonchev–Trinajstić information content (AvgIpc) is 3.02. The summed E-state index contributed by atoms with van der Waals surface area (Å²) in [6.07, 6.45) is 9.18. The summed E-state index contributed by atoms with van der Waals surface area (Å²) in [6, 6.07) is 10.4. The average molecular weight is 324 g/mol. The monoisotopic (exact) mass is 324 g/mol. The molecule has 0 saturated heterocycles. The van der Waals surface area contributed by atoms with Gasteiger partial charge in [-0.1, -0.05) is 54.6 Å². The van der Waals surface area contributed by atoms with E-state index < -0.39 is 11.9 Å². The summed E-state index contributed by atoms with van der Waals surface area (Å²) in [5, 5.41) is 8.57. The Labute approximate surface area is 141 Å². The molecule has 3 rings (SSSR count). The van der Waals surface area contributed by atoms with Gasteiger partial charge in [-0.25, -0.2) is 0 Å². The minimum atomic E-state index is -0.984. The first kappa shape index (κ1) is 16.2. The van der Waals surface area contributed by atoms with E-state index in [9.17, 15) is 9.59 Å². The van der Waals surface area contributed by atoms with Crippen LogP contribution in [0, 0.1) is 5.92 Å². The van der Waals surface area contributed by atoms with E-state index in [1.54, 1.807) is 0 Å². The number of benzene rings is 1. The molecule has 1 N–H and O–H groups in total. The molecule has 2 aliphatic carbocycles. The molecule has 4 heteroatoms. The molecule has 2 unspecified atom stereocenters. The number of ether oxygens (including phenoxy) is 1. The largest absolute Gasteiger partial charge is 0.481 e. The van der Waals surface area contributed by atoms with Crippen LogP contribution in [0.2, 0.25) is 0 Å². The molecular formula is C20H20O4. The third-order valence-corrected chi connectivity index (χ3v) is 4.39. The SMILES string of the molecule is O=C(O)CCC(=O)OCC1C=CC2=C(C=CC2c2ccccc2)C1. The molecule has 2 atom stereocenters. The number of aliphatic carboxylic acids is 1. The quantitative estimate of drug-likeness (QED) is 0.812. The lowest BCUT2D eigenvalue weighted by Crippen LogP contribution is -2.16. The minimum absolute atomic E-state index is 0.0737. The maximum Gasteiger partial charge on any atom is 0.306 e. The van der Waals surface area contributed by atoms with Crippen molar-refractivity contribution in [2.24, 2.45) is 5.92 Å². The smallest absolute Gasteiger partial charge is 0.306 e. The number of carbonyl (C=O) groups excluding carboxylic acids is 1. The van der Waals surface area contributed by atoms with Gasteiger partial charge in [0.15, 0.2) is 0 Å². The first-order valence-corrected chi connectivity index (χ1v) is 8.15. The zero-order chi connectivity index (χ0) is 16.9. The topological polar surface area (TPSA) is 63.6 Å². The maximum absolute atomic E-state index is 11.5. The highest BCUT2D eigenvalue weighted by atomic mass is 16.5. The lowest BCUT2D eigenvalue weighted by atomic mass is 9.86. The van der Waals surface area contributed by atoms with E-state index in [-0.39, 0.29) is 18.8 Å². The van der Waals surface area contributed by atoms with Crippen LogP contribution in [0.5, 0.6) is 0 Å². The summed E-state index contributed by atoms with van der Waals surface area (Å²) in [6.45, 7) is 0.301. The predicted molar refractivity (Wildman–Crippen MR) is 90.4 cm³/mol. The molecule has 0 radical (unpaired) electrons. The van der Waals surface area contributed by atoms with E-state index in [0.29, 0.717) is 12.5 Å². The van der Waals surface area contributed by atoms with Gasteiger partial charge in [-0.2, -0.15) is 0 Å². The Morgan fingerprint density at radius 2 is 1.88 bits per heavy atom. The molecule has 4 nitrogen and oxygen atoms in total. The summed E-state index contributed by atoms with van der Waals surface area (Å²) in [7, 11) is 0. The molecule has 0 aromatic heterocycles. The van der Waals surface area contributed by atoms with Gasteiger partial charge in [0.1, 0.15) is 0 Å². The second-order valence-electron chi connectivity index (χ2n) is 6.13. The van der Waals surface area contributed by atoms with Gasteiger partial charge in [0.2, 0.25) is 0 Å². The Kier molecular flexibility index (Phi) is 4.94. The molecule has 0 heterocycles. The van der Waals surface area contributed by atoms with E-state index in [0.717, 1.165) is 6.42 Å². The second-order valence-corrected chi connectivity index (χ2v) is 6.13. The van der Waals surface area contributed by atoms with E-state index in [1.807, 2.05) is 18.2 Å². The molecule has 0 saturated carbocycles. The van der Waals surface area contributed by atoms with Crippen LogP contribution in [-0.4, -0.2) is 23.7 Å². The number of carbonyl (C=O) groups is 2. The van der Waals surface area contributed by atoms with Gasteiger partial charge < -0.3 is 9.84 Å². The van der Waals surface area contributed by atoms with Crippen LogP contribution in [-0.2, 0) is 14.3 Å². The predicted octanol–water partition coefficient (Wildman–Crippen LogP) is 3.62. The molecule has 2 aliphatic rings. The Balaban J connectivity index is 1.55. The van der Waals surface area contributed by atoms with Gasteiger partial charge in [0, 0.05) is 11.8 Å². The minimum Gasteiger partial charge on any atom is -0.481 e. The molecule has 24 heavy (non-hydrogen) atoms. The van der Waals surface area contributed by atoms with Crippen LogP contribution in [0.3, 0.4) is 0 Å². The lowest BCUT2D eigenvalue weighted by Gasteiger charge is -2.21. The number of hydrogen-bond acceptors (Lipinski definition) is 3. The number of allylic oxidation sites excluding steroid dienone is 5. The molecule has 124 valence electrons. The van der Waals surface area contributed by atoms with Crippen molar-refractivity contribution in [3.63, 3.8) is 0 Å². The molecular weight excluding hydrogens is 304 g/mol. The highest BCUT2D eigenvalue weighted by Crippen LogP contribution is 2.40.